The molecule has 8 atom stereocenters. The van der Waals surface area contributed by atoms with Gasteiger partial charge in [-0.05, 0) is 118 Å². The number of ether oxygens (including phenoxy) is 1. The highest BCUT2D eigenvalue weighted by atomic mass is 35.5. The van der Waals surface area contributed by atoms with Crippen molar-refractivity contribution in [3.05, 3.63) is 23.0 Å². The fourth-order valence-corrected chi connectivity index (χ4v) is 10.1. The van der Waals surface area contributed by atoms with Gasteiger partial charge < -0.3 is 9.84 Å². The average Bonchev–Trinajstić information content (AvgIpc) is 3.45. The number of nitrogens with zero attached hydrogens (tertiary/aromatic N) is 3. The van der Waals surface area contributed by atoms with Gasteiger partial charge in [0.15, 0.2) is 11.6 Å². The van der Waals surface area contributed by atoms with E-state index >= 15 is 0 Å². The van der Waals surface area contributed by atoms with Gasteiger partial charge in [-0.1, -0.05) is 23.7 Å². The van der Waals surface area contributed by atoms with Gasteiger partial charge in [0.1, 0.15) is 12.1 Å². The van der Waals surface area contributed by atoms with Gasteiger partial charge in [-0.25, -0.2) is 9.07 Å². The number of Topliss-reactive ketones (excluding diaryl/α,β-unsaturated/α-hetero) is 1. The lowest BCUT2D eigenvalue weighted by Crippen LogP contribution is -2.57. The highest BCUT2D eigenvalue weighted by Crippen LogP contribution is 2.69. The van der Waals surface area contributed by atoms with Crippen molar-refractivity contribution in [2.75, 3.05) is 13.7 Å². The maximum atomic E-state index is 14.4. The molecule has 0 spiro atoms. The number of carbonyl (C=O) groups excluding carboxylic acids is 1. The normalized spacial score (nSPS) is 40.5. The summed E-state index contributed by atoms with van der Waals surface area (Å²) in [4.78, 5) is 13.8. The molecule has 4 aliphatic carbocycles. The summed E-state index contributed by atoms with van der Waals surface area (Å²) in [6.07, 6.45) is 10.5. The van der Waals surface area contributed by atoms with Gasteiger partial charge in [0.25, 0.3) is 0 Å². The molecule has 6 rings (SSSR count). The Morgan fingerprint density at radius 1 is 1.16 bits per heavy atom. The van der Waals surface area contributed by atoms with Crippen LogP contribution in [0.5, 0.6) is 0 Å². The highest BCUT2D eigenvalue weighted by Gasteiger charge is 2.62. The van der Waals surface area contributed by atoms with Crippen molar-refractivity contribution >= 4 is 28.4 Å². The highest BCUT2D eigenvalue weighted by molar-refractivity contribution is 6.31. The Morgan fingerprint density at radius 2 is 1.97 bits per heavy atom. The monoisotopic (exact) mass is 545 g/mol. The number of aliphatic hydroxyl groups is 1. The van der Waals surface area contributed by atoms with Crippen molar-refractivity contribution in [3.8, 4) is 0 Å². The lowest BCUT2D eigenvalue weighted by molar-refractivity contribution is -0.163. The maximum Gasteiger partial charge on any atom is 0.171 e. The lowest BCUT2D eigenvalue weighted by Gasteiger charge is -2.63. The van der Waals surface area contributed by atoms with Gasteiger partial charge in [-0.3, -0.25) is 4.79 Å². The van der Waals surface area contributed by atoms with Gasteiger partial charge in [-0.15, -0.1) is 5.10 Å². The minimum Gasteiger partial charge on any atom is -0.390 e. The standard InChI is InChI=1S/C30H41ClFN3O3/c1-28(37)12-13-30(14-15-38-3)18(16-28)4-5-19-20-6-7-22(29(20,2)11-10-21(19)30)25(36)17-35-24-9-8-23(31)26(32)27(24)33-34-35/h8-9,18-22,37H,4-7,10-17H2,1-3H3/t18-,19+,20+,21+,22-,28-,29+,30-/m1/s1. The lowest BCUT2D eigenvalue weighted by atomic mass is 9.42. The van der Waals surface area contributed by atoms with Gasteiger partial charge in [0.05, 0.1) is 16.1 Å². The van der Waals surface area contributed by atoms with Crippen LogP contribution in [0.15, 0.2) is 12.1 Å². The van der Waals surface area contributed by atoms with E-state index in [9.17, 15) is 14.3 Å². The number of halogens is 2. The number of aromatic nitrogens is 3. The summed E-state index contributed by atoms with van der Waals surface area (Å²) >= 11 is 5.91. The first kappa shape index (κ1) is 26.6. The molecule has 0 amide bonds. The number of rotatable bonds is 6. The van der Waals surface area contributed by atoms with Crippen LogP contribution in [0.3, 0.4) is 0 Å². The zero-order chi connectivity index (χ0) is 26.9. The van der Waals surface area contributed by atoms with Gasteiger partial charge in [0.2, 0.25) is 0 Å². The molecule has 38 heavy (non-hydrogen) atoms. The molecule has 0 bridgehead atoms. The second-order valence-electron chi connectivity index (χ2n) is 13.4. The van der Waals surface area contributed by atoms with Crippen molar-refractivity contribution in [2.24, 2.45) is 40.4 Å². The molecule has 1 aromatic carbocycles. The predicted molar refractivity (Wildman–Crippen MR) is 144 cm³/mol. The van der Waals surface area contributed by atoms with E-state index in [1.165, 1.54) is 23.6 Å². The molecule has 0 aliphatic heterocycles. The van der Waals surface area contributed by atoms with Crippen LogP contribution in [0.25, 0.3) is 11.0 Å². The Balaban J connectivity index is 1.23. The smallest absolute Gasteiger partial charge is 0.171 e. The summed E-state index contributed by atoms with van der Waals surface area (Å²) < 4.78 is 21.6. The molecule has 208 valence electrons. The summed E-state index contributed by atoms with van der Waals surface area (Å²) in [6, 6.07) is 3.19. The van der Waals surface area contributed by atoms with Crippen LogP contribution in [0, 0.1) is 46.2 Å². The number of methoxy groups -OCH3 is 1. The first-order chi connectivity index (χ1) is 18.1. The number of hydrogen-bond donors (Lipinski definition) is 1. The van der Waals surface area contributed by atoms with E-state index in [2.05, 4.69) is 17.2 Å². The van der Waals surface area contributed by atoms with Crippen molar-refractivity contribution in [3.63, 3.8) is 0 Å². The molecule has 0 unspecified atom stereocenters. The third-order valence-electron chi connectivity index (χ3n) is 11.7. The molecule has 1 N–H and O–H groups in total. The Bertz CT molecular complexity index is 1230. The molecule has 4 fully saturated rings. The molecule has 8 heteroatoms. The molecule has 6 nitrogen and oxygen atoms in total. The summed E-state index contributed by atoms with van der Waals surface area (Å²) in [5, 5.41) is 19.0. The quantitative estimate of drug-likeness (QED) is 0.466. The average molecular weight is 546 g/mol. The Hall–Kier alpha value is -1.57. The number of benzene rings is 1. The maximum absolute atomic E-state index is 14.4. The van der Waals surface area contributed by atoms with Crippen LogP contribution in [0.1, 0.15) is 78.1 Å². The van der Waals surface area contributed by atoms with E-state index in [4.69, 9.17) is 16.3 Å². The minimum absolute atomic E-state index is 0.00964. The SMILES string of the molecule is COCC[C@]12CC[C@@](C)(O)C[C@H]1CC[C@H]1[C@@H]3CC[C@H](C(=O)Cn4nnc5c(F)c(Cl)ccc54)[C@@]3(C)CC[C@@H]12. The molecule has 2 aromatic rings. The van der Waals surface area contributed by atoms with Gasteiger partial charge in [0, 0.05) is 19.6 Å². The fourth-order valence-electron chi connectivity index (χ4n) is 9.91. The molecule has 1 heterocycles. The number of fused-ring (bicyclic) bond motifs is 6. The van der Waals surface area contributed by atoms with E-state index in [0.717, 1.165) is 58.0 Å². The van der Waals surface area contributed by atoms with Crippen LogP contribution < -0.4 is 0 Å². The van der Waals surface area contributed by atoms with E-state index in [1.807, 2.05) is 6.92 Å². The summed E-state index contributed by atoms with van der Waals surface area (Å²) in [5.74, 6) is 1.97. The van der Waals surface area contributed by atoms with E-state index in [1.54, 1.807) is 13.2 Å². The van der Waals surface area contributed by atoms with Crippen LogP contribution in [-0.2, 0) is 16.1 Å². The Morgan fingerprint density at radius 3 is 2.76 bits per heavy atom. The summed E-state index contributed by atoms with van der Waals surface area (Å²) in [6.45, 7) is 5.28. The first-order valence-electron chi connectivity index (χ1n) is 14.5. The first-order valence-corrected chi connectivity index (χ1v) is 14.9. The van der Waals surface area contributed by atoms with Gasteiger partial charge in [-0.2, -0.15) is 0 Å². The summed E-state index contributed by atoms with van der Waals surface area (Å²) in [7, 11) is 1.80. The second-order valence-corrected chi connectivity index (χ2v) is 13.9. The summed E-state index contributed by atoms with van der Waals surface area (Å²) in [5.41, 5.74) is 0.303. The number of hydrogen-bond acceptors (Lipinski definition) is 5. The van der Waals surface area contributed by atoms with Crippen molar-refractivity contribution in [1.29, 1.82) is 0 Å². The van der Waals surface area contributed by atoms with E-state index in [0.29, 0.717) is 29.2 Å². The van der Waals surface area contributed by atoms with Crippen molar-refractivity contribution in [2.45, 2.75) is 90.2 Å². The largest absolute Gasteiger partial charge is 0.390 e. The van der Waals surface area contributed by atoms with Crippen molar-refractivity contribution in [1.82, 2.24) is 15.0 Å². The number of ketones is 1. The zero-order valence-corrected chi connectivity index (χ0v) is 23.6. The van der Waals surface area contributed by atoms with Crippen LogP contribution >= 0.6 is 11.6 Å². The topological polar surface area (TPSA) is 77.2 Å². The molecule has 4 aliphatic rings. The molecule has 0 radical (unpaired) electrons. The molecule has 0 saturated heterocycles. The van der Waals surface area contributed by atoms with Crippen LogP contribution in [-0.4, -0.2) is 45.2 Å². The van der Waals surface area contributed by atoms with Crippen LogP contribution in [0.2, 0.25) is 5.02 Å². The Kier molecular flexibility index (Phi) is 6.67. The van der Waals surface area contributed by atoms with E-state index in [-0.39, 0.29) is 39.6 Å². The van der Waals surface area contributed by atoms with Crippen LogP contribution in [0.4, 0.5) is 4.39 Å². The molecular formula is C30H41ClFN3O3. The Labute approximate surface area is 229 Å². The minimum atomic E-state index is -0.587. The third-order valence-corrected chi connectivity index (χ3v) is 12.0. The third kappa shape index (κ3) is 4.05. The molecular weight excluding hydrogens is 505 g/mol. The fraction of sp³-hybridized carbons (Fsp3) is 0.767. The molecule has 4 saturated carbocycles. The number of carbonyl (C=O) groups is 1. The molecule has 1 aromatic heterocycles. The van der Waals surface area contributed by atoms with E-state index < -0.39 is 11.4 Å². The predicted octanol–water partition coefficient (Wildman–Crippen LogP) is 6.22. The van der Waals surface area contributed by atoms with Gasteiger partial charge >= 0.3 is 0 Å². The second kappa shape index (κ2) is 9.52. The zero-order valence-electron chi connectivity index (χ0n) is 22.9. The van der Waals surface area contributed by atoms with Crippen molar-refractivity contribution < 1.29 is 19.0 Å².